The van der Waals surface area contributed by atoms with E-state index in [9.17, 15) is 4.79 Å². The number of carbonyl (C=O) groups is 1. The number of benzene rings is 1. The van der Waals surface area contributed by atoms with Crippen LogP contribution < -0.4 is 11.1 Å². The van der Waals surface area contributed by atoms with Gasteiger partial charge in [-0.05, 0) is 37.0 Å². The molecule has 0 saturated heterocycles. The van der Waals surface area contributed by atoms with Gasteiger partial charge in [-0.3, -0.25) is 9.69 Å². The smallest absolute Gasteiger partial charge is 0.234 e. The van der Waals surface area contributed by atoms with Gasteiger partial charge in [-0.25, -0.2) is 0 Å². The molecule has 0 aromatic heterocycles. The molecule has 21 heavy (non-hydrogen) atoms. The Hall–Kier alpha value is -1.59. The van der Waals surface area contributed by atoms with E-state index >= 15 is 0 Å². The minimum Gasteiger partial charge on any atom is -0.399 e. The summed E-state index contributed by atoms with van der Waals surface area (Å²) in [5.74, 6) is 0.0912. The van der Waals surface area contributed by atoms with E-state index in [0.717, 1.165) is 18.7 Å². The number of hydrogen-bond donors (Lipinski definition) is 2. The molecule has 0 atom stereocenters. The number of nitrogens with two attached hydrogens (primary N) is 1. The fourth-order valence-electron chi connectivity index (χ4n) is 2.30. The predicted octanol–water partition coefficient (Wildman–Crippen LogP) is 1.39. The number of ether oxygens (including phenoxy) is 1. The van der Waals surface area contributed by atoms with Crippen molar-refractivity contribution in [2.75, 3.05) is 32.5 Å². The zero-order valence-electron chi connectivity index (χ0n) is 12.7. The first kappa shape index (κ1) is 15.8. The standard InChI is InChI=1S/C16H25N3O2/c1-21-10-2-9-18-16(20)12-19(15-7-8-15)11-13-3-5-14(17)6-4-13/h3-6,15H,2,7-12,17H2,1H3,(H,18,20). The first-order valence-corrected chi connectivity index (χ1v) is 7.53. The van der Waals surface area contributed by atoms with Gasteiger partial charge < -0.3 is 15.8 Å². The van der Waals surface area contributed by atoms with Gasteiger partial charge in [0.2, 0.25) is 5.91 Å². The second kappa shape index (κ2) is 8.00. The van der Waals surface area contributed by atoms with Gasteiger partial charge in [-0.1, -0.05) is 12.1 Å². The second-order valence-electron chi connectivity index (χ2n) is 5.57. The van der Waals surface area contributed by atoms with Crippen LogP contribution in [0.2, 0.25) is 0 Å². The zero-order valence-corrected chi connectivity index (χ0v) is 12.7. The highest BCUT2D eigenvalue weighted by Crippen LogP contribution is 2.28. The maximum absolute atomic E-state index is 12.0. The summed E-state index contributed by atoms with van der Waals surface area (Å²) in [6.45, 7) is 2.61. The molecule has 1 amide bonds. The Labute approximate surface area is 126 Å². The summed E-state index contributed by atoms with van der Waals surface area (Å²) in [6.07, 6.45) is 3.22. The van der Waals surface area contributed by atoms with Gasteiger partial charge in [0.05, 0.1) is 6.54 Å². The predicted molar refractivity (Wildman–Crippen MR) is 83.8 cm³/mol. The van der Waals surface area contributed by atoms with Gasteiger partial charge in [-0.15, -0.1) is 0 Å². The molecule has 5 heteroatoms. The van der Waals surface area contributed by atoms with E-state index in [1.807, 2.05) is 24.3 Å². The minimum atomic E-state index is 0.0912. The van der Waals surface area contributed by atoms with Crippen LogP contribution in [0, 0.1) is 0 Å². The van der Waals surface area contributed by atoms with Gasteiger partial charge in [-0.2, -0.15) is 0 Å². The van der Waals surface area contributed by atoms with E-state index in [0.29, 0.717) is 25.7 Å². The minimum absolute atomic E-state index is 0.0912. The van der Waals surface area contributed by atoms with Crippen molar-refractivity contribution >= 4 is 11.6 Å². The third-order valence-corrected chi connectivity index (χ3v) is 3.62. The lowest BCUT2D eigenvalue weighted by Crippen LogP contribution is -2.38. The van der Waals surface area contributed by atoms with E-state index in [1.54, 1.807) is 7.11 Å². The summed E-state index contributed by atoms with van der Waals surface area (Å²) in [5.41, 5.74) is 7.67. The largest absolute Gasteiger partial charge is 0.399 e. The maximum Gasteiger partial charge on any atom is 0.234 e. The van der Waals surface area contributed by atoms with Crippen LogP contribution in [-0.4, -0.2) is 43.7 Å². The van der Waals surface area contributed by atoms with Gasteiger partial charge >= 0.3 is 0 Å². The topological polar surface area (TPSA) is 67.6 Å². The molecule has 0 unspecified atom stereocenters. The fourth-order valence-corrected chi connectivity index (χ4v) is 2.30. The second-order valence-corrected chi connectivity index (χ2v) is 5.57. The van der Waals surface area contributed by atoms with Crippen LogP contribution >= 0.6 is 0 Å². The molecule has 1 aromatic rings. The van der Waals surface area contributed by atoms with Gasteiger partial charge in [0.25, 0.3) is 0 Å². The number of methoxy groups -OCH3 is 1. The Kier molecular flexibility index (Phi) is 6.02. The number of carbonyl (C=O) groups excluding carboxylic acids is 1. The molecular formula is C16H25N3O2. The third-order valence-electron chi connectivity index (χ3n) is 3.62. The molecule has 116 valence electrons. The van der Waals surface area contributed by atoms with Crippen molar-refractivity contribution in [1.29, 1.82) is 0 Å². The van der Waals surface area contributed by atoms with Crippen molar-refractivity contribution in [2.45, 2.75) is 31.8 Å². The summed E-state index contributed by atoms with van der Waals surface area (Å²) >= 11 is 0. The lowest BCUT2D eigenvalue weighted by molar-refractivity contribution is -0.122. The van der Waals surface area contributed by atoms with Gasteiger partial charge in [0.15, 0.2) is 0 Å². The van der Waals surface area contributed by atoms with Gasteiger partial charge in [0.1, 0.15) is 0 Å². The first-order chi connectivity index (χ1) is 10.2. The first-order valence-electron chi connectivity index (χ1n) is 7.53. The lowest BCUT2D eigenvalue weighted by atomic mass is 10.2. The van der Waals surface area contributed by atoms with Crippen LogP contribution in [0.25, 0.3) is 0 Å². The van der Waals surface area contributed by atoms with Gasteiger partial charge in [0, 0.05) is 38.5 Å². The average Bonchev–Trinajstić information content (AvgIpc) is 3.30. The van der Waals surface area contributed by atoms with Crippen molar-refractivity contribution in [3.05, 3.63) is 29.8 Å². The number of rotatable bonds is 9. The Bertz CT molecular complexity index is 443. The molecule has 1 aliphatic carbocycles. The van der Waals surface area contributed by atoms with E-state index < -0.39 is 0 Å². The molecule has 3 N–H and O–H groups in total. The van der Waals surface area contributed by atoms with Crippen molar-refractivity contribution in [3.8, 4) is 0 Å². The summed E-state index contributed by atoms with van der Waals surface area (Å²) < 4.78 is 4.97. The number of hydrogen-bond acceptors (Lipinski definition) is 4. The van der Waals surface area contributed by atoms with Crippen LogP contribution in [0.4, 0.5) is 5.69 Å². The Morgan fingerprint density at radius 1 is 1.38 bits per heavy atom. The van der Waals surface area contributed by atoms with Crippen LogP contribution in [0.15, 0.2) is 24.3 Å². The van der Waals surface area contributed by atoms with Crippen molar-refractivity contribution < 1.29 is 9.53 Å². The van der Waals surface area contributed by atoms with Crippen LogP contribution in [0.5, 0.6) is 0 Å². The summed E-state index contributed by atoms with van der Waals surface area (Å²) in [5, 5.41) is 2.94. The highest BCUT2D eigenvalue weighted by atomic mass is 16.5. The Morgan fingerprint density at radius 2 is 2.10 bits per heavy atom. The van der Waals surface area contributed by atoms with Crippen LogP contribution in [0.3, 0.4) is 0 Å². The molecule has 0 spiro atoms. The van der Waals surface area contributed by atoms with Crippen molar-refractivity contribution in [2.24, 2.45) is 0 Å². The summed E-state index contributed by atoms with van der Waals surface area (Å²) in [4.78, 5) is 14.2. The Balaban J connectivity index is 1.79. The lowest BCUT2D eigenvalue weighted by Gasteiger charge is -2.21. The summed E-state index contributed by atoms with van der Waals surface area (Å²) in [7, 11) is 1.67. The molecule has 2 rings (SSSR count). The van der Waals surface area contributed by atoms with Crippen LogP contribution in [-0.2, 0) is 16.1 Å². The molecule has 1 aliphatic rings. The SMILES string of the molecule is COCCCNC(=O)CN(Cc1ccc(N)cc1)C1CC1. The number of nitrogen functional groups attached to an aromatic ring is 1. The normalized spacial score (nSPS) is 14.4. The fraction of sp³-hybridized carbons (Fsp3) is 0.562. The highest BCUT2D eigenvalue weighted by Gasteiger charge is 2.30. The molecule has 0 aliphatic heterocycles. The number of anilines is 1. The molecule has 5 nitrogen and oxygen atoms in total. The monoisotopic (exact) mass is 291 g/mol. The molecule has 1 aromatic carbocycles. The number of nitrogens with zero attached hydrogens (tertiary/aromatic N) is 1. The molecule has 1 fully saturated rings. The molecule has 0 radical (unpaired) electrons. The zero-order chi connectivity index (χ0) is 15.1. The quantitative estimate of drug-likeness (QED) is 0.533. The van der Waals surface area contributed by atoms with E-state index in [2.05, 4.69) is 10.2 Å². The van der Waals surface area contributed by atoms with Crippen LogP contribution in [0.1, 0.15) is 24.8 Å². The molecular weight excluding hydrogens is 266 g/mol. The van der Waals surface area contributed by atoms with Crippen molar-refractivity contribution in [3.63, 3.8) is 0 Å². The third kappa shape index (κ3) is 5.73. The molecule has 0 bridgehead atoms. The maximum atomic E-state index is 12.0. The summed E-state index contributed by atoms with van der Waals surface area (Å²) in [6, 6.07) is 8.42. The Morgan fingerprint density at radius 3 is 2.71 bits per heavy atom. The van der Waals surface area contributed by atoms with E-state index in [1.165, 1.54) is 18.4 Å². The van der Waals surface area contributed by atoms with E-state index in [4.69, 9.17) is 10.5 Å². The number of nitrogens with one attached hydrogen (secondary N) is 1. The van der Waals surface area contributed by atoms with Crippen molar-refractivity contribution in [1.82, 2.24) is 10.2 Å². The number of amides is 1. The molecule has 1 saturated carbocycles. The average molecular weight is 291 g/mol. The highest BCUT2D eigenvalue weighted by molar-refractivity contribution is 5.78. The molecule has 0 heterocycles. The van der Waals surface area contributed by atoms with E-state index in [-0.39, 0.29) is 5.91 Å².